The van der Waals surface area contributed by atoms with Gasteiger partial charge in [-0.05, 0) is 30.7 Å². The number of alkyl halides is 3. The quantitative estimate of drug-likeness (QED) is 0.851. The number of likely N-dealkylation sites (tertiary alicyclic amines) is 1. The molecule has 0 aliphatic carbocycles. The van der Waals surface area contributed by atoms with Gasteiger partial charge in [-0.3, -0.25) is 10.00 Å². The second-order valence-electron chi connectivity index (χ2n) is 5.77. The molecule has 1 aromatic carbocycles. The highest BCUT2D eigenvalue weighted by atomic mass is 19.4. The molecule has 23 heavy (non-hydrogen) atoms. The van der Waals surface area contributed by atoms with Crippen LogP contribution in [0.25, 0.3) is 0 Å². The van der Waals surface area contributed by atoms with Crippen LogP contribution in [0.1, 0.15) is 23.2 Å². The van der Waals surface area contributed by atoms with E-state index >= 15 is 0 Å². The number of aliphatic hydroxyl groups is 1. The molecule has 4 nitrogen and oxygen atoms in total. The zero-order valence-electron chi connectivity index (χ0n) is 12.1. The van der Waals surface area contributed by atoms with E-state index in [1.165, 1.54) is 6.20 Å². The molecule has 0 bridgehead atoms. The van der Waals surface area contributed by atoms with E-state index in [0.29, 0.717) is 18.7 Å². The van der Waals surface area contributed by atoms with E-state index < -0.39 is 23.2 Å². The van der Waals surface area contributed by atoms with Gasteiger partial charge in [-0.25, -0.2) is 4.39 Å². The third-order valence-electron chi connectivity index (χ3n) is 4.10. The molecule has 2 aromatic rings. The van der Waals surface area contributed by atoms with Gasteiger partial charge in [0.15, 0.2) is 0 Å². The minimum atomic E-state index is -4.51. The van der Waals surface area contributed by atoms with Crippen molar-refractivity contribution in [3.8, 4) is 0 Å². The van der Waals surface area contributed by atoms with Gasteiger partial charge in [0.2, 0.25) is 0 Å². The first-order valence-corrected chi connectivity index (χ1v) is 7.08. The van der Waals surface area contributed by atoms with Crippen molar-refractivity contribution in [3.63, 3.8) is 0 Å². The highest BCUT2D eigenvalue weighted by Gasteiger charge is 2.39. The molecule has 1 saturated heterocycles. The van der Waals surface area contributed by atoms with Crippen LogP contribution >= 0.6 is 0 Å². The molecule has 0 saturated carbocycles. The van der Waals surface area contributed by atoms with Crippen LogP contribution in [0, 0.1) is 5.82 Å². The smallest absolute Gasteiger partial charge is 0.382 e. The number of aromatic amines is 1. The molecule has 3 rings (SSSR count). The standard InChI is InChI=1S/C15H15F4N3O/c16-12-2-1-11(15(17,18)19)7-10(12)8-22-6-4-14(23,9-22)13-3-5-20-21-13/h1-3,5,7,23H,4,6,8-9H2,(H,20,21). The summed E-state index contributed by atoms with van der Waals surface area (Å²) in [5.74, 6) is -0.685. The lowest BCUT2D eigenvalue weighted by Crippen LogP contribution is -2.31. The molecular weight excluding hydrogens is 314 g/mol. The molecule has 1 fully saturated rings. The fraction of sp³-hybridized carbons (Fsp3) is 0.400. The Hall–Kier alpha value is -1.93. The average molecular weight is 329 g/mol. The Morgan fingerprint density at radius 3 is 2.74 bits per heavy atom. The minimum absolute atomic E-state index is 0.00615. The summed E-state index contributed by atoms with van der Waals surface area (Å²) in [5.41, 5.74) is -1.51. The maximum absolute atomic E-state index is 13.8. The molecule has 1 aliphatic rings. The number of aromatic nitrogens is 2. The number of H-pyrrole nitrogens is 1. The molecule has 1 aliphatic heterocycles. The summed E-state index contributed by atoms with van der Waals surface area (Å²) >= 11 is 0. The maximum Gasteiger partial charge on any atom is 0.416 e. The summed E-state index contributed by atoms with van der Waals surface area (Å²) < 4.78 is 52.0. The summed E-state index contributed by atoms with van der Waals surface area (Å²) in [7, 11) is 0. The van der Waals surface area contributed by atoms with Gasteiger partial charge < -0.3 is 5.11 Å². The Kier molecular flexibility index (Phi) is 3.89. The van der Waals surface area contributed by atoms with Gasteiger partial charge in [-0.15, -0.1) is 0 Å². The number of β-amino-alcohol motifs (C(OH)–C–C–N with tert-alkyl or cyclic N) is 1. The second-order valence-corrected chi connectivity index (χ2v) is 5.77. The highest BCUT2D eigenvalue weighted by molar-refractivity contribution is 5.27. The predicted octanol–water partition coefficient (Wildman–Crippen LogP) is 2.66. The van der Waals surface area contributed by atoms with E-state index in [-0.39, 0.29) is 18.7 Å². The van der Waals surface area contributed by atoms with E-state index in [1.807, 2.05) is 0 Å². The molecule has 1 aromatic heterocycles. The number of rotatable bonds is 3. The van der Waals surface area contributed by atoms with Gasteiger partial charge in [-0.1, -0.05) is 0 Å². The molecule has 0 amide bonds. The maximum atomic E-state index is 13.8. The summed E-state index contributed by atoms with van der Waals surface area (Å²) in [4.78, 5) is 1.72. The van der Waals surface area contributed by atoms with E-state index in [2.05, 4.69) is 10.2 Å². The fourth-order valence-corrected chi connectivity index (χ4v) is 2.85. The van der Waals surface area contributed by atoms with Gasteiger partial charge in [0.05, 0.1) is 11.3 Å². The SMILES string of the molecule is OC1(c2ccn[nH]2)CCN(Cc2cc(C(F)(F)F)ccc2F)C1. The van der Waals surface area contributed by atoms with Crippen molar-refractivity contribution in [3.05, 3.63) is 53.1 Å². The monoisotopic (exact) mass is 329 g/mol. The van der Waals surface area contributed by atoms with Crippen LogP contribution in [0.4, 0.5) is 17.6 Å². The topological polar surface area (TPSA) is 52.2 Å². The largest absolute Gasteiger partial charge is 0.416 e. The lowest BCUT2D eigenvalue weighted by molar-refractivity contribution is -0.137. The summed E-state index contributed by atoms with van der Waals surface area (Å²) in [5, 5.41) is 17.0. The molecule has 1 atom stereocenters. The first-order valence-electron chi connectivity index (χ1n) is 7.08. The second kappa shape index (κ2) is 5.61. The third kappa shape index (κ3) is 3.23. The van der Waals surface area contributed by atoms with Crippen molar-refractivity contribution < 1.29 is 22.7 Å². The number of nitrogens with one attached hydrogen (secondary N) is 1. The Balaban J connectivity index is 1.76. The normalized spacial score (nSPS) is 22.7. The number of nitrogens with zero attached hydrogens (tertiary/aromatic N) is 2. The van der Waals surface area contributed by atoms with Crippen LogP contribution in [0.15, 0.2) is 30.5 Å². The Labute approximate surface area is 129 Å². The predicted molar refractivity (Wildman–Crippen MR) is 73.8 cm³/mol. The van der Waals surface area contributed by atoms with Crippen LogP contribution in [0.2, 0.25) is 0 Å². The van der Waals surface area contributed by atoms with Gasteiger partial charge in [0.1, 0.15) is 11.4 Å². The average Bonchev–Trinajstić information content (AvgIpc) is 3.11. The van der Waals surface area contributed by atoms with Gasteiger partial charge in [0.25, 0.3) is 0 Å². The van der Waals surface area contributed by atoms with Crippen molar-refractivity contribution in [2.24, 2.45) is 0 Å². The van der Waals surface area contributed by atoms with Crippen molar-refractivity contribution in [2.75, 3.05) is 13.1 Å². The van der Waals surface area contributed by atoms with Crippen LogP contribution in [-0.4, -0.2) is 33.3 Å². The Morgan fingerprint density at radius 2 is 2.09 bits per heavy atom. The molecule has 124 valence electrons. The van der Waals surface area contributed by atoms with Crippen LogP contribution in [0.5, 0.6) is 0 Å². The summed E-state index contributed by atoms with van der Waals surface area (Å²) in [6.45, 7) is 0.655. The Bertz CT molecular complexity index is 687. The van der Waals surface area contributed by atoms with E-state index in [0.717, 1.165) is 18.2 Å². The highest BCUT2D eigenvalue weighted by Crippen LogP contribution is 2.33. The zero-order valence-corrected chi connectivity index (χ0v) is 12.1. The molecule has 2 heterocycles. The molecule has 8 heteroatoms. The van der Waals surface area contributed by atoms with Gasteiger partial charge in [-0.2, -0.15) is 18.3 Å². The lowest BCUT2D eigenvalue weighted by Gasteiger charge is -2.22. The molecule has 0 spiro atoms. The number of benzene rings is 1. The number of hydrogen-bond donors (Lipinski definition) is 2. The number of halogens is 4. The molecule has 2 N–H and O–H groups in total. The molecular formula is C15H15F4N3O. The number of hydrogen-bond acceptors (Lipinski definition) is 3. The van der Waals surface area contributed by atoms with Crippen LogP contribution in [-0.2, 0) is 18.3 Å². The minimum Gasteiger partial charge on any atom is -0.382 e. The van der Waals surface area contributed by atoms with Crippen LogP contribution < -0.4 is 0 Å². The Morgan fingerprint density at radius 1 is 1.30 bits per heavy atom. The molecule has 0 radical (unpaired) electrons. The zero-order chi connectivity index (χ0) is 16.7. The van der Waals surface area contributed by atoms with Crippen molar-refractivity contribution in [2.45, 2.75) is 24.7 Å². The summed E-state index contributed by atoms with van der Waals surface area (Å²) in [6.07, 6.45) is -2.59. The van der Waals surface area contributed by atoms with Crippen LogP contribution in [0.3, 0.4) is 0 Å². The van der Waals surface area contributed by atoms with Gasteiger partial charge >= 0.3 is 6.18 Å². The van der Waals surface area contributed by atoms with E-state index in [4.69, 9.17) is 0 Å². The van der Waals surface area contributed by atoms with Crippen molar-refractivity contribution in [1.29, 1.82) is 0 Å². The summed E-state index contributed by atoms with van der Waals surface area (Å²) in [6, 6.07) is 4.02. The van der Waals surface area contributed by atoms with E-state index in [1.54, 1.807) is 11.0 Å². The van der Waals surface area contributed by atoms with Crippen molar-refractivity contribution >= 4 is 0 Å². The van der Waals surface area contributed by atoms with Crippen molar-refractivity contribution in [1.82, 2.24) is 15.1 Å². The molecule has 1 unspecified atom stereocenters. The first kappa shape index (κ1) is 15.9. The third-order valence-corrected chi connectivity index (χ3v) is 4.10. The fourth-order valence-electron chi connectivity index (χ4n) is 2.85. The lowest BCUT2D eigenvalue weighted by atomic mass is 9.99. The van der Waals surface area contributed by atoms with E-state index in [9.17, 15) is 22.7 Å². The van der Waals surface area contributed by atoms with Gasteiger partial charge in [0, 0.05) is 31.4 Å². The first-order chi connectivity index (χ1) is 10.8.